The van der Waals surface area contributed by atoms with Crippen LogP contribution in [-0.2, 0) is 11.4 Å². The van der Waals surface area contributed by atoms with Gasteiger partial charge in [0.05, 0.1) is 17.7 Å². The number of amides is 1. The summed E-state index contributed by atoms with van der Waals surface area (Å²) in [6.07, 6.45) is 1.41. The Balaban J connectivity index is 1.83. The minimum absolute atomic E-state index is 0.159. The molecule has 3 rings (SSSR count). The maximum absolute atomic E-state index is 12.7. The van der Waals surface area contributed by atoms with Gasteiger partial charge in [0.15, 0.2) is 11.5 Å². The number of benzene rings is 3. The topological polar surface area (TPSA) is 114 Å². The average molecular weight is 443 g/mol. The fourth-order valence-electron chi connectivity index (χ4n) is 2.99. The smallest absolute Gasteiger partial charge is 0.271 e. The van der Waals surface area contributed by atoms with Gasteiger partial charge in [-0.05, 0) is 41.8 Å². The third kappa shape index (κ3) is 5.95. The molecule has 0 saturated heterocycles. The van der Waals surface area contributed by atoms with Gasteiger partial charge < -0.3 is 14.8 Å². The lowest BCUT2D eigenvalue weighted by Crippen LogP contribution is -2.14. The number of nitrogens with zero attached hydrogens (tertiary/aromatic N) is 2. The summed E-state index contributed by atoms with van der Waals surface area (Å²) in [5.41, 5.74) is 2.10. The zero-order valence-corrected chi connectivity index (χ0v) is 18.1. The number of non-ortho nitro benzene ring substituents is 1. The van der Waals surface area contributed by atoms with Gasteiger partial charge in [-0.3, -0.25) is 14.9 Å². The first-order valence-electron chi connectivity index (χ1n) is 9.94. The predicted molar refractivity (Wildman–Crippen MR) is 124 cm³/mol. The molecule has 0 saturated carbocycles. The van der Waals surface area contributed by atoms with E-state index in [2.05, 4.69) is 5.32 Å². The first-order valence-corrected chi connectivity index (χ1v) is 9.94. The third-order valence-corrected chi connectivity index (χ3v) is 4.78. The highest BCUT2D eigenvalue weighted by Crippen LogP contribution is 2.30. The Bertz CT molecular complexity index is 1250. The number of anilines is 1. The van der Waals surface area contributed by atoms with Gasteiger partial charge in [0.25, 0.3) is 11.6 Å². The Morgan fingerprint density at radius 1 is 1.12 bits per heavy atom. The van der Waals surface area contributed by atoms with Gasteiger partial charge in [0, 0.05) is 12.1 Å². The lowest BCUT2D eigenvalue weighted by molar-refractivity contribution is -0.384. The second kappa shape index (κ2) is 10.6. The number of hydrogen-bond acceptors (Lipinski definition) is 6. The highest BCUT2D eigenvalue weighted by atomic mass is 16.6. The number of rotatable bonds is 8. The molecule has 166 valence electrons. The summed E-state index contributed by atoms with van der Waals surface area (Å²) >= 11 is 0. The highest BCUT2D eigenvalue weighted by Gasteiger charge is 2.15. The van der Waals surface area contributed by atoms with Crippen molar-refractivity contribution in [2.45, 2.75) is 13.5 Å². The minimum atomic E-state index is -0.677. The quantitative estimate of drug-likeness (QED) is 0.226. The van der Waals surface area contributed by atoms with E-state index in [-0.39, 0.29) is 16.9 Å². The Kier molecular flexibility index (Phi) is 7.39. The Morgan fingerprint density at radius 3 is 2.55 bits per heavy atom. The zero-order valence-electron chi connectivity index (χ0n) is 18.1. The third-order valence-electron chi connectivity index (χ3n) is 4.78. The van der Waals surface area contributed by atoms with Crippen molar-refractivity contribution < 1.29 is 19.2 Å². The van der Waals surface area contributed by atoms with Crippen molar-refractivity contribution in [2.24, 2.45) is 0 Å². The molecule has 3 aromatic carbocycles. The van der Waals surface area contributed by atoms with E-state index in [1.54, 1.807) is 25.1 Å². The van der Waals surface area contributed by atoms with Crippen LogP contribution in [0, 0.1) is 28.4 Å². The number of nitriles is 1. The largest absolute Gasteiger partial charge is 0.493 e. The van der Waals surface area contributed by atoms with E-state index in [0.29, 0.717) is 29.2 Å². The summed E-state index contributed by atoms with van der Waals surface area (Å²) < 4.78 is 11.2. The maximum Gasteiger partial charge on any atom is 0.271 e. The van der Waals surface area contributed by atoms with Crippen LogP contribution in [0.1, 0.15) is 16.7 Å². The molecule has 0 aliphatic carbocycles. The number of nitro groups is 1. The van der Waals surface area contributed by atoms with Gasteiger partial charge in [-0.15, -0.1) is 0 Å². The molecule has 0 atom stereocenters. The van der Waals surface area contributed by atoms with E-state index in [1.807, 2.05) is 36.4 Å². The molecule has 0 unspecified atom stereocenters. The fraction of sp³-hybridized carbons (Fsp3) is 0.120. The second-order valence-electron chi connectivity index (χ2n) is 7.06. The number of nitro benzene ring substituents is 1. The number of carbonyl (C=O) groups is 1. The van der Waals surface area contributed by atoms with E-state index in [1.165, 1.54) is 31.4 Å². The molecule has 8 heteroatoms. The summed E-state index contributed by atoms with van der Waals surface area (Å²) in [6.45, 7) is 2.02. The van der Waals surface area contributed by atoms with Crippen molar-refractivity contribution in [3.63, 3.8) is 0 Å². The Morgan fingerprint density at radius 2 is 1.88 bits per heavy atom. The number of methoxy groups -OCH3 is 1. The van der Waals surface area contributed by atoms with Crippen molar-refractivity contribution in [1.29, 1.82) is 5.26 Å². The first kappa shape index (κ1) is 23.0. The highest BCUT2D eigenvalue weighted by molar-refractivity contribution is 6.10. The van der Waals surface area contributed by atoms with Crippen LogP contribution in [0.2, 0.25) is 0 Å². The van der Waals surface area contributed by atoms with Crippen LogP contribution in [-0.4, -0.2) is 17.9 Å². The van der Waals surface area contributed by atoms with Crippen LogP contribution in [0.5, 0.6) is 11.5 Å². The van der Waals surface area contributed by atoms with Gasteiger partial charge in [-0.2, -0.15) is 5.26 Å². The SMILES string of the molecule is COc1ccc(/C=C(\C#N)C(=O)Nc2cc([N+](=O)[O-])ccc2C)cc1OCc1ccccc1. The van der Waals surface area contributed by atoms with Crippen LogP contribution in [0.15, 0.2) is 72.3 Å². The van der Waals surface area contributed by atoms with Gasteiger partial charge in [0.2, 0.25) is 0 Å². The molecular formula is C25H21N3O5. The van der Waals surface area contributed by atoms with E-state index >= 15 is 0 Å². The molecule has 0 aromatic heterocycles. The molecule has 0 heterocycles. The Hall–Kier alpha value is -4.64. The molecule has 0 radical (unpaired) electrons. The van der Waals surface area contributed by atoms with Crippen LogP contribution in [0.25, 0.3) is 6.08 Å². The van der Waals surface area contributed by atoms with E-state index in [4.69, 9.17) is 9.47 Å². The van der Waals surface area contributed by atoms with Crippen LogP contribution >= 0.6 is 0 Å². The lowest BCUT2D eigenvalue weighted by atomic mass is 10.1. The normalized spacial score (nSPS) is 10.8. The molecule has 0 aliphatic heterocycles. The monoisotopic (exact) mass is 443 g/mol. The zero-order chi connectivity index (χ0) is 23.8. The van der Waals surface area contributed by atoms with Crippen molar-refractivity contribution in [3.05, 3.63) is 99.1 Å². The van der Waals surface area contributed by atoms with Crippen LogP contribution < -0.4 is 14.8 Å². The number of aryl methyl sites for hydroxylation is 1. The molecule has 8 nitrogen and oxygen atoms in total. The van der Waals surface area contributed by atoms with Crippen molar-refractivity contribution in [2.75, 3.05) is 12.4 Å². The molecule has 1 amide bonds. The molecule has 0 spiro atoms. The standard InChI is InChI=1S/C25H21N3O5/c1-17-8-10-21(28(30)31)14-22(17)27-25(29)20(15-26)12-19-9-11-23(32-2)24(13-19)33-16-18-6-4-3-5-7-18/h3-14H,16H2,1-2H3,(H,27,29)/b20-12+. The lowest BCUT2D eigenvalue weighted by Gasteiger charge is -2.12. The van der Waals surface area contributed by atoms with Crippen molar-refractivity contribution in [1.82, 2.24) is 0 Å². The number of hydrogen-bond donors (Lipinski definition) is 1. The van der Waals surface area contributed by atoms with E-state index < -0.39 is 10.8 Å². The molecule has 1 N–H and O–H groups in total. The van der Waals surface area contributed by atoms with Crippen LogP contribution in [0.4, 0.5) is 11.4 Å². The number of ether oxygens (including phenoxy) is 2. The molecule has 33 heavy (non-hydrogen) atoms. The van der Waals surface area contributed by atoms with Gasteiger partial charge in [-0.1, -0.05) is 42.5 Å². The van der Waals surface area contributed by atoms with Crippen LogP contribution in [0.3, 0.4) is 0 Å². The van der Waals surface area contributed by atoms with Crippen molar-refractivity contribution >= 4 is 23.4 Å². The predicted octanol–water partition coefficient (Wildman–Crippen LogP) is 5.04. The summed E-state index contributed by atoms with van der Waals surface area (Å²) in [4.78, 5) is 23.1. The maximum atomic E-state index is 12.7. The van der Waals surface area contributed by atoms with E-state index in [9.17, 15) is 20.2 Å². The number of carbonyl (C=O) groups excluding carboxylic acids is 1. The molecule has 0 aliphatic rings. The van der Waals surface area contributed by atoms with Gasteiger partial charge in [-0.25, -0.2) is 0 Å². The van der Waals surface area contributed by atoms with Crippen molar-refractivity contribution in [3.8, 4) is 17.6 Å². The number of nitrogens with one attached hydrogen (secondary N) is 1. The fourth-order valence-corrected chi connectivity index (χ4v) is 2.99. The minimum Gasteiger partial charge on any atom is -0.493 e. The Labute approximate surface area is 190 Å². The molecular weight excluding hydrogens is 422 g/mol. The second-order valence-corrected chi connectivity index (χ2v) is 7.06. The summed E-state index contributed by atoms with van der Waals surface area (Å²) in [5.74, 6) is 0.296. The average Bonchev–Trinajstić information content (AvgIpc) is 2.83. The molecule has 0 bridgehead atoms. The summed E-state index contributed by atoms with van der Waals surface area (Å²) in [6, 6.07) is 20.7. The van der Waals surface area contributed by atoms with Gasteiger partial charge in [0.1, 0.15) is 18.2 Å². The first-order chi connectivity index (χ1) is 15.9. The molecule has 0 fully saturated rings. The summed E-state index contributed by atoms with van der Waals surface area (Å²) in [7, 11) is 1.52. The summed E-state index contributed by atoms with van der Waals surface area (Å²) in [5, 5.41) is 23.1. The van der Waals surface area contributed by atoms with E-state index in [0.717, 1.165) is 5.56 Å². The molecule has 3 aromatic rings. The van der Waals surface area contributed by atoms with Gasteiger partial charge >= 0.3 is 0 Å².